The van der Waals surface area contributed by atoms with Crippen molar-refractivity contribution in [1.82, 2.24) is 19.6 Å². The second-order valence-corrected chi connectivity index (χ2v) is 12.7. The fourth-order valence-corrected chi connectivity index (χ4v) is 8.24. The Hall–Kier alpha value is -2.07. The van der Waals surface area contributed by atoms with Crippen molar-refractivity contribution >= 4 is 10.0 Å². The number of fused-ring (bicyclic) bond motifs is 1. The predicted octanol–water partition coefficient (Wildman–Crippen LogP) is 3.25. The summed E-state index contributed by atoms with van der Waals surface area (Å²) in [6.07, 6.45) is 5.50. The molecule has 2 aromatic carbocycles. The molecule has 37 heavy (non-hydrogen) atoms. The number of aliphatic hydroxyl groups is 1. The molecule has 2 fully saturated rings. The Morgan fingerprint density at radius 2 is 1.81 bits per heavy atom. The Morgan fingerprint density at radius 3 is 2.54 bits per heavy atom. The lowest BCUT2D eigenvalue weighted by Crippen LogP contribution is -2.67. The Bertz CT molecular complexity index is 1230. The van der Waals surface area contributed by atoms with Crippen LogP contribution in [0.5, 0.6) is 0 Å². The Labute approximate surface area is 221 Å². The number of benzene rings is 2. The Morgan fingerprint density at radius 1 is 1.05 bits per heavy atom. The highest BCUT2D eigenvalue weighted by Crippen LogP contribution is 2.42. The number of sulfonamides is 1. The average molecular weight is 525 g/mol. The second-order valence-electron chi connectivity index (χ2n) is 10.6. The van der Waals surface area contributed by atoms with E-state index < -0.39 is 15.4 Å². The summed E-state index contributed by atoms with van der Waals surface area (Å²) in [5.41, 5.74) is 9.38. The minimum atomic E-state index is -3.52. The van der Waals surface area contributed by atoms with Crippen LogP contribution in [0.15, 0.2) is 54.6 Å². The zero-order chi connectivity index (χ0) is 26.2. The van der Waals surface area contributed by atoms with Crippen LogP contribution in [0.25, 0.3) is 11.1 Å². The lowest BCUT2D eigenvalue weighted by atomic mass is 9.74. The van der Waals surface area contributed by atoms with Crippen molar-refractivity contribution in [1.29, 1.82) is 0 Å². The standard InChI is InChI=1S/C29H40N4O3S/c1-4-16-33-28(14-15-30-33)37(35,36)31-17-5-6-18-32-26(19-31)29(27(32)20-34)24-12-10-23(11-13-24)25-9-7-8-21(2)22(25)3/h5-13,26-30,34H,4,14-20H2,1-3H3/b6-5-. The first-order valence-electron chi connectivity index (χ1n) is 13.5. The van der Waals surface area contributed by atoms with Gasteiger partial charge in [-0.2, -0.15) is 4.31 Å². The van der Waals surface area contributed by atoms with Crippen molar-refractivity contribution in [2.75, 3.05) is 39.3 Å². The van der Waals surface area contributed by atoms with Crippen LogP contribution in [-0.2, 0) is 10.0 Å². The van der Waals surface area contributed by atoms with Crippen molar-refractivity contribution in [2.24, 2.45) is 0 Å². The van der Waals surface area contributed by atoms with Gasteiger partial charge < -0.3 is 5.11 Å². The fourth-order valence-electron chi connectivity index (χ4n) is 6.33. The van der Waals surface area contributed by atoms with E-state index in [2.05, 4.69) is 73.6 Å². The number of hydrazine groups is 1. The number of rotatable bonds is 7. The van der Waals surface area contributed by atoms with E-state index in [1.807, 2.05) is 17.2 Å². The van der Waals surface area contributed by atoms with Gasteiger partial charge in [0, 0.05) is 50.7 Å². The minimum absolute atomic E-state index is 0.0198. The molecule has 0 amide bonds. The summed E-state index contributed by atoms with van der Waals surface area (Å²) in [6.45, 7) is 9.37. The third-order valence-corrected chi connectivity index (χ3v) is 10.7. The minimum Gasteiger partial charge on any atom is -0.395 e. The van der Waals surface area contributed by atoms with Crippen LogP contribution in [0.3, 0.4) is 0 Å². The molecule has 3 aliphatic rings. The molecule has 0 aliphatic carbocycles. The number of nitrogens with zero attached hydrogens (tertiary/aromatic N) is 3. The largest absolute Gasteiger partial charge is 0.395 e. The summed E-state index contributed by atoms with van der Waals surface area (Å²) in [4.78, 5) is 2.26. The van der Waals surface area contributed by atoms with E-state index in [1.54, 1.807) is 4.31 Å². The lowest BCUT2D eigenvalue weighted by molar-refractivity contribution is -0.0417. The van der Waals surface area contributed by atoms with Crippen molar-refractivity contribution in [2.45, 2.75) is 57.0 Å². The van der Waals surface area contributed by atoms with Gasteiger partial charge in [0.1, 0.15) is 5.37 Å². The van der Waals surface area contributed by atoms with Gasteiger partial charge in [0.05, 0.1) is 6.61 Å². The van der Waals surface area contributed by atoms with E-state index in [4.69, 9.17) is 0 Å². The molecule has 0 bridgehead atoms. The topological polar surface area (TPSA) is 76.1 Å². The molecule has 2 N–H and O–H groups in total. The first-order valence-corrected chi connectivity index (χ1v) is 15.0. The molecule has 200 valence electrons. The van der Waals surface area contributed by atoms with Gasteiger partial charge in [-0.15, -0.1) is 0 Å². The number of aliphatic hydroxyl groups excluding tert-OH is 1. The van der Waals surface area contributed by atoms with Crippen LogP contribution < -0.4 is 5.43 Å². The van der Waals surface area contributed by atoms with Crippen molar-refractivity contribution < 1.29 is 13.5 Å². The van der Waals surface area contributed by atoms with Gasteiger partial charge in [-0.25, -0.2) is 13.4 Å². The van der Waals surface area contributed by atoms with Crippen LogP contribution >= 0.6 is 0 Å². The van der Waals surface area contributed by atoms with E-state index >= 15 is 0 Å². The van der Waals surface area contributed by atoms with Crippen LogP contribution in [0.1, 0.15) is 42.4 Å². The zero-order valence-corrected chi connectivity index (χ0v) is 23.0. The first-order chi connectivity index (χ1) is 17.9. The highest BCUT2D eigenvalue weighted by atomic mass is 32.2. The number of aryl methyl sites for hydroxylation is 1. The van der Waals surface area contributed by atoms with E-state index in [0.717, 1.165) is 18.5 Å². The number of nitrogens with one attached hydrogen (secondary N) is 1. The molecule has 4 atom stereocenters. The lowest BCUT2D eigenvalue weighted by Gasteiger charge is -2.56. The van der Waals surface area contributed by atoms with Crippen LogP contribution in [0.2, 0.25) is 0 Å². The van der Waals surface area contributed by atoms with Gasteiger partial charge in [0.25, 0.3) is 0 Å². The molecule has 0 spiro atoms. The smallest absolute Gasteiger partial charge is 0.232 e. The SMILES string of the molecule is CCCN1NCCC1S(=O)(=O)N1C/C=C\CN2C(CO)C(c3ccc(-c4cccc(C)c4C)cc3)C2C1. The van der Waals surface area contributed by atoms with Gasteiger partial charge in [0.2, 0.25) is 10.0 Å². The third-order valence-electron chi connectivity index (χ3n) is 8.48. The van der Waals surface area contributed by atoms with Gasteiger partial charge in [-0.1, -0.05) is 61.5 Å². The van der Waals surface area contributed by atoms with Crippen molar-refractivity contribution in [3.63, 3.8) is 0 Å². The summed E-state index contributed by atoms with van der Waals surface area (Å²) in [7, 11) is -3.52. The van der Waals surface area contributed by atoms with Crippen LogP contribution in [0, 0.1) is 13.8 Å². The Kier molecular flexibility index (Phi) is 7.86. The molecule has 7 nitrogen and oxygen atoms in total. The molecular formula is C29H40N4O3S. The maximum Gasteiger partial charge on any atom is 0.232 e. The van der Waals surface area contributed by atoms with E-state index in [1.165, 1.54) is 22.3 Å². The number of hydrogen-bond donors (Lipinski definition) is 2. The monoisotopic (exact) mass is 524 g/mol. The van der Waals surface area contributed by atoms with Gasteiger partial charge >= 0.3 is 0 Å². The van der Waals surface area contributed by atoms with Crippen LogP contribution in [-0.4, -0.2) is 84.5 Å². The van der Waals surface area contributed by atoms with Gasteiger partial charge in [0.15, 0.2) is 0 Å². The fraction of sp³-hybridized carbons (Fsp3) is 0.517. The second kappa shape index (κ2) is 11.0. The third kappa shape index (κ3) is 4.91. The maximum atomic E-state index is 13.8. The predicted molar refractivity (Wildman–Crippen MR) is 148 cm³/mol. The molecule has 3 heterocycles. The van der Waals surface area contributed by atoms with E-state index in [9.17, 15) is 13.5 Å². The molecule has 0 aromatic heterocycles. The molecule has 5 rings (SSSR count). The molecule has 0 radical (unpaired) electrons. The van der Waals surface area contributed by atoms with Crippen molar-refractivity contribution in [3.8, 4) is 11.1 Å². The first kappa shape index (κ1) is 26.5. The summed E-state index contributed by atoms with van der Waals surface area (Å²) in [5, 5.41) is 11.7. The normalized spacial score (nSPS) is 28.3. The molecule has 2 aromatic rings. The summed E-state index contributed by atoms with van der Waals surface area (Å²) in [5.74, 6) is 0.0790. The summed E-state index contributed by atoms with van der Waals surface area (Å²) >= 11 is 0. The summed E-state index contributed by atoms with van der Waals surface area (Å²) < 4.78 is 29.3. The Balaban J connectivity index is 1.41. The van der Waals surface area contributed by atoms with Gasteiger partial charge in [-0.05, 0) is 54.5 Å². The molecule has 4 unspecified atom stereocenters. The molecule has 8 heteroatoms. The quantitative estimate of drug-likeness (QED) is 0.542. The zero-order valence-electron chi connectivity index (χ0n) is 22.2. The van der Waals surface area contributed by atoms with E-state index in [-0.39, 0.29) is 24.6 Å². The highest BCUT2D eigenvalue weighted by molar-refractivity contribution is 7.89. The van der Waals surface area contributed by atoms with Crippen molar-refractivity contribution in [3.05, 3.63) is 71.3 Å². The molecule has 2 saturated heterocycles. The van der Waals surface area contributed by atoms with E-state index in [0.29, 0.717) is 32.6 Å². The van der Waals surface area contributed by atoms with Crippen LogP contribution in [0.4, 0.5) is 0 Å². The summed E-state index contributed by atoms with van der Waals surface area (Å²) in [6, 6.07) is 15.0. The highest BCUT2D eigenvalue weighted by Gasteiger charge is 2.51. The maximum absolute atomic E-state index is 13.8. The molecular weight excluding hydrogens is 484 g/mol. The number of hydrogen-bond acceptors (Lipinski definition) is 6. The average Bonchev–Trinajstić information content (AvgIpc) is 3.35. The van der Waals surface area contributed by atoms with Gasteiger partial charge in [-0.3, -0.25) is 10.3 Å². The molecule has 3 aliphatic heterocycles. The molecule has 0 saturated carbocycles.